The number of carboxylic acids is 6. The summed E-state index contributed by atoms with van der Waals surface area (Å²) in [5.74, 6) is -14.4. The maximum absolute atomic E-state index is 10.4. The van der Waals surface area contributed by atoms with Gasteiger partial charge in [0.05, 0.1) is 23.9 Å². The summed E-state index contributed by atoms with van der Waals surface area (Å²) in [5, 5.41) is 80.0. The molecular weight excluding hydrogens is 614 g/mol. The van der Waals surface area contributed by atoms with Crippen LogP contribution in [0.3, 0.4) is 0 Å². The molecule has 0 rings (SSSR count). The van der Waals surface area contributed by atoms with E-state index in [0.29, 0.717) is 0 Å². The molecule has 35 heavy (non-hydrogen) atoms. The van der Waals surface area contributed by atoms with Crippen LogP contribution in [0.2, 0.25) is 0 Å². The van der Waals surface area contributed by atoms with E-state index in [0.717, 1.165) is 0 Å². The van der Waals surface area contributed by atoms with E-state index in [-0.39, 0.29) is 113 Å². The van der Waals surface area contributed by atoms with E-state index in [1.165, 1.54) is 0 Å². The van der Waals surface area contributed by atoms with E-state index >= 15 is 0 Å². The first-order chi connectivity index (χ1) is 14.2. The Morgan fingerprint density at radius 3 is 0.857 bits per heavy atom. The molecule has 0 heterocycles. The van der Waals surface area contributed by atoms with Gasteiger partial charge in [0.25, 0.3) is 0 Å². The fourth-order valence-corrected chi connectivity index (χ4v) is 3.35. The molecule has 0 aliphatic rings. The number of aliphatic hydroxyl groups is 2. The van der Waals surface area contributed by atoms with Crippen molar-refractivity contribution in [2.75, 3.05) is 0 Å². The number of aliphatic carboxylic acids is 6. The van der Waals surface area contributed by atoms with Crippen LogP contribution in [0, 0.1) is 0 Å². The second-order valence-electron chi connectivity index (χ2n) is 5.53. The summed E-state index contributed by atoms with van der Waals surface area (Å²) < 4.78 is 41.7. The number of carboxylic acid groups (broad SMARTS) is 6. The Labute approximate surface area is 283 Å². The molecule has 0 aliphatic heterocycles. The molecule has 4 unspecified atom stereocenters. The molecule has 2 N–H and O–H groups in total. The van der Waals surface area contributed by atoms with Crippen molar-refractivity contribution in [3.63, 3.8) is 0 Å². The minimum atomic E-state index is -3.98. The number of carbonyl (C=O) groups excluding carboxylic acids is 6. The fourth-order valence-electron chi connectivity index (χ4n) is 1.91. The van der Waals surface area contributed by atoms with Crippen molar-refractivity contribution in [3.05, 3.63) is 0 Å². The molecular formula is C12H8Ca3O18P2. The Morgan fingerprint density at radius 1 is 0.571 bits per heavy atom. The number of hydrogen-bond donors (Lipinski definition) is 2. The van der Waals surface area contributed by atoms with E-state index in [1.807, 2.05) is 0 Å². The molecule has 0 aliphatic carbocycles. The summed E-state index contributed by atoms with van der Waals surface area (Å²) in [6, 6.07) is 0. The third kappa shape index (κ3) is 14.2. The number of hydrogen-bond acceptors (Lipinski definition) is 18. The average molecular weight is 622 g/mol. The number of rotatable bonds is 12. The molecule has 0 bridgehead atoms. The molecule has 0 saturated heterocycles. The molecule has 180 valence electrons. The molecule has 4 atom stereocenters. The van der Waals surface area contributed by atoms with Crippen molar-refractivity contribution in [2.45, 2.75) is 35.4 Å². The van der Waals surface area contributed by atoms with Gasteiger partial charge in [0.15, 0.2) is 0 Å². The van der Waals surface area contributed by atoms with Crippen molar-refractivity contribution in [1.29, 1.82) is 0 Å². The van der Waals surface area contributed by atoms with E-state index in [1.54, 1.807) is 0 Å². The van der Waals surface area contributed by atoms with Gasteiger partial charge < -0.3 is 69.6 Å². The van der Waals surface area contributed by atoms with Crippen LogP contribution in [-0.4, -0.2) is 182 Å². The van der Waals surface area contributed by atoms with Crippen LogP contribution in [0.5, 0.6) is 0 Å². The Morgan fingerprint density at radius 2 is 0.771 bits per heavy atom. The van der Waals surface area contributed by atoms with Gasteiger partial charge in [-0.1, -0.05) is 0 Å². The Kier molecular flexibility index (Phi) is 25.1. The van der Waals surface area contributed by atoms with Crippen LogP contribution in [0.15, 0.2) is 0 Å². The molecule has 0 amide bonds. The Bertz CT molecular complexity index is 868. The molecule has 0 saturated carbocycles. The van der Waals surface area contributed by atoms with Crippen LogP contribution in [0.25, 0.3) is 0 Å². The minimum absolute atomic E-state index is 0. The summed E-state index contributed by atoms with van der Waals surface area (Å²) in [7, 11) is -7.96. The topological polar surface area (TPSA) is 350 Å². The zero-order chi connectivity index (χ0) is 26.2. The predicted octanol–water partition coefficient (Wildman–Crippen LogP) is -11.3. The van der Waals surface area contributed by atoms with Gasteiger partial charge in [-0.15, -0.1) is 0 Å². The smallest absolute Gasteiger partial charge is 0.550 e. The van der Waals surface area contributed by atoms with E-state index < -0.39 is 86.5 Å². The molecule has 0 radical (unpaired) electrons. The summed E-state index contributed by atoms with van der Waals surface area (Å²) in [6.07, 6.45) is -3.51. The summed E-state index contributed by atoms with van der Waals surface area (Å²) >= 11 is 0. The fraction of sp³-hybridized carbons (Fsp3) is 0.500. The van der Waals surface area contributed by atoms with Crippen LogP contribution < -0.4 is 30.6 Å². The van der Waals surface area contributed by atoms with Crippen molar-refractivity contribution >= 4 is 164 Å². The van der Waals surface area contributed by atoms with Gasteiger partial charge in [-0.3, -0.25) is 0 Å². The van der Waals surface area contributed by atoms with E-state index in [2.05, 4.69) is 0 Å². The maximum atomic E-state index is 10.4. The average Bonchev–Trinajstić information content (AvgIpc) is 2.51. The quantitative estimate of drug-likeness (QED) is 0.151. The first-order valence-corrected chi connectivity index (χ1v) is 9.71. The van der Waals surface area contributed by atoms with E-state index in [9.17, 15) is 87.9 Å². The van der Waals surface area contributed by atoms with Gasteiger partial charge in [0.1, 0.15) is 22.5 Å². The second kappa shape index (κ2) is 19.4. The third-order valence-electron chi connectivity index (χ3n) is 3.31. The number of carbonyl (C=O) groups is 6. The Balaban J connectivity index is -0.000000158. The van der Waals surface area contributed by atoms with Crippen molar-refractivity contribution < 1.29 is 87.9 Å². The van der Waals surface area contributed by atoms with Gasteiger partial charge in [-0.25, -0.2) is 18.3 Å². The van der Waals surface area contributed by atoms with Gasteiger partial charge >= 0.3 is 129 Å². The van der Waals surface area contributed by atoms with Crippen molar-refractivity contribution in [1.82, 2.24) is 0 Å². The monoisotopic (exact) mass is 622 g/mol. The zero-order valence-electron chi connectivity index (χ0n) is 17.0. The zero-order valence-corrected chi connectivity index (χ0v) is 25.4. The second-order valence-corrected chi connectivity index (χ2v) is 7.71. The maximum Gasteiger partial charge on any atom is 2.00 e. The third-order valence-corrected chi connectivity index (χ3v) is 5.43. The normalized spacial score (nSPS) is 14.5. The first-order valence-electron chi connectivity index (χ1n) is 7.21. The van der Waals surface area contributed by atoms with Crippen LogP contribution in [-0.2, 0) is 47.0 Å². The van der Waals surface area contributed by atoms with Gasteiger partial charge in [0, 0.05) is 24.8 Å². The Hall–Kier alpha value is 0.319. The van der Waals surface area contributed by atoms with Crippen LogP contribution in [0.4, 0.5) is 0 Å². The van der Waals surface area contributed by atoms with E-state index in [4.69, 9.17) is 0 Å². The minimum Gasteiger partial charge on any atom is -0.550 e. The predicted molar refractivity (Wildman–Crippen MR) is 90.6 cm³/mol. The molecule has 18 nitrogen and oxygen atoms in total. The molecule has 0 fully saturated rings. The molecule has 0 aromatic carbocycles. The summed E-state index contributed by atoms with van der Waals surface area (Å²) in [5.41, 5.74) is -13.1. The van der Waals surface area contributed by atoms with Crippen LogP contribution in [0.1, 0.15) is 12.8 Å². The molecule has 23 heteroatoms. The SMILES string of the molecule is O=C([O-])CC(O)(C(=O)[O-])C(C(=O)[O-])P(=O)=O.O=C([O-])CC(O)(C(=O)[O-])C(C(=O)[O-])P(=O)=O.[Ca+2].[Ca+2].[Ca+2]. The van der Waals surface area contributed by atoms with Gasteiger partial charge in [-0.2, -0.15) is 0 Å². The van der Waals surface area contributed by atoms with Crippen LogP contribution >= 0.6 is 15.4 Å². The summed E-state index contributed by atoms with van der Waals surface area (Å²) in [6.45, 7) is 0. The standard InChI is InChI=1S/2C6H7O9P.3Ca/c2*7-2(8)1-6(13,5(11)12)3(4(9)10)16(14)15;;;/h2*3,13H,1H2,(H,7,8)(H,9,10)(H,11,12);;;/q;;3*+2/p-6. The summed E-state index contributed by atoms with van der Waals surface area (Å²) in [4.78, 5) is 61.6. The van der Waals surface area contributed by atoms with Gasteiger partial charge in [-0.05, 0) is 0 Å². The van der Waals surface area contributed by atoms with Crippen molar-refractivity contribution in [2.24, 2.45) is 0 Å². The molecule has 0 aromatic rings. The van der Waals surface area contributed by atoms with Gasteiger partial charge in [0.2, 0.25) is 0 Å². The first kappa shape index (κ1) is 45.3. The largest absolute Gasteiger partial charge is 2.00 e. The molecule has 0 aromatic heterocycles. The van der Waals surface area contributed by atoms with Crippen molar-refractivity contribution in [3.8, 4) is 0 Å². The molecule has 0 spiro atoms.